The Kier molecular flexibility index (Phi) is 3.36. The molecule has 22 heavy (non-hydrogen) atoms. The number of pyridine rings is 1. The number of nitrogens with zero attached hydrogens (tertiary/aromatic N) is 4. The van der Waals surface area contributed by atoms with Gasteiger partial charge in [-0.05, 0) is 18.5 Å². The van der Waals surface area contributed by atoms with E-state index in [0.717, 1.165) is 10.9 Å². The van der Waals surface area contributed by atoms with Crippen LogP contribution in [0.5, 0.6) is 0 Å². The smallest absolute Gasteiger partial charge is 0.224 e. The molecule has 1 aliphatic heterocycles. The van der Waals surface area contributed by atoms with Crippen LogP contribution < -0.4 is 4.90 Å². The summed E-state index contributed by atoms with van der Waals surface area (Å²) in [6, 6.07) is -0.215. The summed E-state index contributed by atoms with van der Waals surface area (Å²) in [6.07, 6.45) is 0.720. The zero-order chi connectivity index (χ0) is 15.4. The molecule has 8 heteroatoms. The van der Waals surface area contributed by atoms with E-state index in [1.165, 1.54) is 0 Å². The number of aryl methyl sites for hydroxylation is 1. The lowest BCUT2D eigenvalue weighted by atomic mass is 10.2. The Morgan fingerprint density at radius 2 is 2.18 bits per heavy atom. The second-order valence-electron chi connectivity index (χ2n) is 5.62. The molecule has 0 N–H and O–H groups in total. The molecular formula is C14H13Cl2FN4O. The van der Waals surface area contributed by atoms with Gasteiger partial charge < -0.3 is 9.64 Å². The van der Waals surface area contributed by atoms with Gasteiger partial charge in [-0.25, -0.2) is 14.4 Å². The minimum absolute atomic E-state index is 0.104. The van der Waals surface area contributed by atoms with Gasteiger partial charge >= 0.3 is 0 Å². The second kappa shape index (κ2) is 5.15. The van der Waals surface area contributed by atoms with E-state index in [1.807, 2.05) is 11.8 Å². The minimum Gasteiger partial charge on any atom is -0.379 e. The molecule has 1 aliphatic carbocycles. The average Bonchev–Trinajstić information content (AvgIpc) is 3.18. The van der Waals surface area contributed by atoms with Gasteiger partial charge in [0.25, 0.3) is 0 Å². The van der Waals surface area contributed by atoms with Gasteiger partial charge in [-0.1, -0.05) is 11.6 Å². The minimum atomic E-state index is -0.898. The zero-order valence-corrected chi connectivity index (χ0v) is 13.3. The van der Waals surface area contributed by atoms with Crippen LogP contribution in [0.4, 0.5) is 10.2 Å². The van der Waals surface area contributed by atoms with Crippen LogP contribution in [-0.2, 0) is 4.74 Å². The van der Waals surface area contributed by atoms with E-state index in [4.69, 9.17) is 27.9 Å². The van der Waals surface area contributed by atoms with Gasteiger partial charge in [-0.2, -0.15) is 4.98 Å². The Labute approximate surface area is 136 Å². The summed E-state index contributed by atoms with van der Waals surface area (Å²) in [5.41, 5.74) is 1.38. The third-order valence-electron chi connectivity index (χ3n) is 4.32. The number of fused-ring (bicyclic) bond motifs is 2. The summed E-state index contributed by atoms with van der Waals surface area (Å²) < 4.78 is 19.5. The molecule has 2 aromatic rings. The van der Waals surface area contributed by atoms with Gasteiger partial charge in [0.15, 0.2) is 0 Å². The summed E-state index contributed by atoms with van der Waals surface area (Å²) in [6.45, 7) is 3.37. The first kappa shape index (κ1) is 14.4. The van der Waals surface area contributed by atoms with Crippen molar-refractivity contribution in [3.8, 4) is 0 Å². The molecule has 0 radical (unpaired) electrons. The Morgan fingerprint density at radius 3 is 3.00 bits per heavy atom. The van der Waals surface area contributed by atoms with Crippen LogP contribution in [0.15, 0.2) is 6.20 Å². The summed E-state index contributed by atoms with van der Waals surface area (Å²) in [4.78, 5) is 14.7. The van der Waals surface area contributed by atoms with Crippen molar-refractivity contribution in [3.05, 3.63) is 22.2 Å². The molecule has 0 spiro atoms. The van der Waals surface area contributed by atoms with Crippen LogP contribution in [0, 0.1) is 12.8 Å². The van der Waals surface area contributed by atoms with Gasteiger partial charge in [0.2, 0.25) is 5.28 Å². The Balaban J connectivity index is 1.89. The lowest BCUT2D eigenvalue weighted by molar-refractivity contribution is 0.131. The van der Waals surface area contributed by atoms with Gasteiger partial charge in [-0.3, -0.25) is 0 Å². The lowest BCUT2D eigenvalue weighted by Gasteiger charge is -2.23. The molecule has 4 rings (SSSR count). The molecule has 0 unspecified atom stereocenters. The highest BCUT2D eigenvalue weighted by Crippen LogP contribution is 2.44. The Hall–Kier alpha value is -1.24. The van der Waals surface area contributed by atoms with E-state index in [9.17, 15) is 4.39 Å². The summed E-state index contributed by atoms with van der Waals surface area (Å²) in [7, 11) is 0. The normalized spacial score (nSPS) is 27.6. The van der Waals surface area contributed by atoms with Crippen LogP contribution in [0.1, 0.15) is 5.56 Å². The van der Waals surface area contributed by atoms with Crippen LogP contribution in [-0.4, -0.2) is 46.9 Å². The number of hydrogen-bond donors (Lipinski definition) is 0. The van der Waals surface area contributed by atoms with Crippen molar-refractivity contribution in [1.29, 1.82) is 0 Å². The predicted molar refractivity (Wildman–Crippen MR) is 82.4 cm³/mol. The number of halogens is 3. The third kappa shape index (κ3) is 2.13. The molecule has 0 aromatic carbocycles. The molecule has 2 aliphatic rings. The van der Waals surface area contributed by atoms with Crippen molar-refractivity contribution in [2.75, 3.05) is 24.7 Å². The SMILES string of the molecule is Cc1c(Cl)ncc2c(N3CCOC[C@H]4[C@@H](F)[C@@H]43)nc(Cl)nc12. The highest BCUT2D eigenvalue weighted by atomic mass is 35.5. The molecule has 1 saturated heterocycles. The zero-order valence-electron chi connectivity index (χ0n) is 11.8. The van der Waals surface area contributed by atoms with E-state index in [0.29, 0.717) is 36.2 Å². The first-order valence-electron chi connectivity index (χ1n) is 7.04. The van der Waals surface area contributed by atoms with Crippen molar-refractivity contribution in [3.63, 3.8) is 0 Å². The molecule has 1 saturated carbocycles. The van der Waals surface area contributed by atoms with Crippen molar-refractivity contribution in [2.45, 2.75) is 19.1 Å². The highest BCUT2D eigenvalue weighted by Gasteiger charge is 2.56. The largest absolute Gasteiger partial charge is 0.379 e. The molecule has 3 heterocycles. The van der Waals surface area contributed by atoms with E-state index in [-0.39, 0.29) is 17.2 Å². The van der Waals surface area contributed by atoms with Crippen LogP contribution >= 0.6 is 23.2 Å². The number of alkyl halides is 1. The molecule has 116 valence electrons. The third-order valence-corrected chi connectivity index (χ3v) is 4.87. The van der Waals surface area contributed by atoms with E-state index in [2.05, 4.69) is 15.0 Å². The quantitative estimate of drug-likeness (QED) is 0.589. The summed E-state index contributed by atoms with van der Waals surface area (Å²) in [5.74, 6) is 0.496. The maximum atomic E-state index is 14.0. The first-order valence-corrected chi connectivity index (χ1v) is 7.80. The topological polar surface area (TPSA) is 51.1 Å². The molecule has 5 nitrogen and oxygen atoms in total. The molecule has 3 atom stereocenters. The Bertz CT molecular complexity index is 759. The van der Waals surface area contributed by atoms with Crippen molar-refractivity contribution < 1.29 is 9.13 Å². The summed E-state index contributed by atoms with van der Waals surface area (Å²) >= 11 is 12.1. The molecule has 0 bridgehead atoms. The fourth-order valence-corrected chi connectivity index (χ4v) is 3.36. The van der Waals surface area contributed by atoms with Crippen molar-refractivity contribution in [1.82, 2.24) is 15.0 Å². The molecule has 0 amide bonds. The van der Waals surface area contributed by atoms with Gasteiger partial charge in [-0.15, -0.1) is 0 Å². The van der Waals surface area contributed by atoms with Crippen LogP contribution in [0.3, 0.4) is 0 Å². The monoisotopic (exact) mass is 342 g/mol. The number of rotatable bonds is 1. The van der Waals surface area contributed by atoms with Crippen molar-refractivity contribution in [2.24, 2.45) is 5.92 Å². The van der Waals surface area contributed by atoms with E-state index in [1.54, 1.807) is 6.20 Å². The molecule has 2 aromatic heterocycles. The van der Waals surface area contributed by atoms with E-state index >= 15 is 0 Å². The molecular weight excluding hydrogens is 330 g/mol. The van der Waals surface area contributed by atoms with Crippen LogP contribution in [0.25, 0.3) is 10.9 Å². The number of anilines is 1. The number of hydrogen-bond acceptors (Lipinski definition) is 5. The fraction of sp³-hybridized carbons (Fsp3) is 0.500. The standard InChI is InChI=1S/C14H13Cl2FN4O/c1-6-10-7(4-18-12(6)15)13(20-14(16)19-10)21-2-3-22-5-8-9(17)11(8)21/h4,8-9,11H,2-3,5H2,1H3/t8-,9+,11+/m0/s1. The Morgan fingerprint density at radius 1 is 1.36 bits per heavy atom. The van der Waals surface area contributed by atoms with Gasteiger partial charge in [0.1, 0.15) is 17.1 Å². The fourth-order valence-electron chi connectivity index (χ4n) is 3.06. The molecule has 2 fully saturated rings. The maximum Gasteiger partial charge on any atom is 0.224 e. The van der Waals surface area contributed by atoms with Gasteiger partial charge in [0, 0.05) is 24.2 Å². The van der Waals surface area contributed by atoms with Crippen LogP contribution in [0.2, 0.25) is 10.4 Å². The summed E-state index contributed by atoms with van der Waals surface area (Å²) in [5, 5.41) is 1.22. The lowest BCUT2D eigenvalue weighted by Crippen LogP contribution is -2.31. The van der Waals surface area contributed by atoms with E-state index < -0.39 is 6.17 Å². The van der Waals surface area contributed by atoms with Crippen molar-refractivity contribution >= 4 is 39.9 Å². The second-order valence-corrected chi connectivity index (χ2v) is 6.32. The highest BCUT2D eigenvalue weighted by molar-refractivity contribution is 6.31. The maximum absolute atomic E-state index is 14.0. The average molecular weight is 343 g/mol. The van der Waals surface area contributed by atoms with Gasteiger partial charge in [0.05, 0.1) is 30.2 Å². The number of aromatic nitrogens is 3. The first-order chi connectivity index (χ1) is 10.6. The predicted octanol–water partition coefficient (Wildman–Crippen LogP) is 2.81. The number of ether oxygens (including phenoxy) is 1.